The highest BCUT2D eigenvalue weighted by Crippen LogP contribution is 2.11. The van der Waals surface area contributed by atoms with E-state index >= 15 is 0 Å². The van der Waals surface area contributed by atoms with Crippen LogP contribution in [0.3, 0.4) is 0 Å². The summed E-state index contributed by atoms with van der Waals surface area (Å²) < 4.78 is 0. The smallest absolute Gasteiger partial charge is 0.115 e. The van der Waals surface area contributed by atoms with Crippen LogP contribution in [0.2, 0.25) is 0 Å². The summed E-state index contributed by atoms with van der Waals surface area (Å²) in [5, 5.41) is 20.8. The third kappa shape index (κ3) is 4.81. The van der Waals surface area contributed by atoms with Gasteiger partial charge < -0.3 is 10.4 Å². The van der Waals surface area contributed by atoms with E-state index in [0.29, 0.717) is 18.2 Å². The third-order valence-electron chi connectivity index (χ3n) is 2.53. The van der Waals surface area contributed by atoms with Crippen LogP contribution in [0.15, 0.2) is 24.3 Å². The zero-order valence-electron chi connectivity index (χ0n) is 9.61. The van der Waals surface area contributed by atoms with Crippen LogP contribution in [-0.4, -0.2) is 17.7 Å². The largest absolute Gasteiger partial charge is 0.508 e. The number of rotatable bonds is 6. The maximum Gasteiger partial charge on any atom is 0.115 e. The lowest BCUT2D eigenvalue weighted by Gasteiger charge is -2.12. The summed E-state index contributed by atoms with van der Waals surface area (Å²) in [6.45, 7) is 2.88. The molecule has 1 aromatic rings. The van der Waals surface area contributed by atoms with Gasteiger partial charge in [0.05, 0.1) is 6.07 Å². The van der Waals surface area contributed by atoms with E-state index in [4.69, 9.17) is 10.4 Å². The number of aromatic hydroxyl groups is 1. The summed E-state index contributed by atoms with van der Waals surface area (Å²) in [4.78, 5) is 0. The molecule has 1 aromatic carbocycles. The molecule has 0 saturated carbocycles. The number of nitrogens with one attached hydrogen (secondary N) is 1. The minimum absolute atomic E-state index is 0.309. The molecule has 3 heteroatoms. The van der Waals surface area contributed by atoms with E-state index in [1.54, 1.807) is 12.1 Å². The topological polar surface area (TPSA) is 56.0 Å². The van der Waals surface area contributed by atoms with Gasteiger partial charge >= 0.3 is 0 Å². The molecule has 16 heavy (non-hydrogen) atoms. The lowest BCUT2D eigenvalue weighted by Crippen LogP contribution is -2.27. The van der Waals surface area contributed by atoms with Crippen LogP contribution in [0.4, 0.5) is 0 Å². The van der Waals surface area contributed by atoms with Crippen molar-refractivity contribution in [3.8, 4) is 11.8 Å². The minimum atomic E-state index is 0.309. The summed E-state index contributed by atoms with van der Waals surface area (Å²) in [6.07, 6.45) is 2.58. The number of nitrogens with zero attached hydrogens (tertiary/aromatic N) is 1. The van der Waals surface area contributed by atoms with Crippen LogP contribution in [0.5, 0.6) is 5.75 Å². The summed E-state index contributed by atoms with van der Waals surface area (Å²) in [6, 6.07) is 9.84. The quantitative estimate of drug-likeness (QED) is 0.720. The van der Waals surface area contributed by atoms with Crippen molar-refractivity contribution in [3.63, 3.8) is 0 Å². The fourth-order valence-electron chi connectivity index (χ4n) is 1.52. The summed E-state index contributed by atoms with van der Waals surface area (Å²) >= 11 is 0. The van der Waals surface area contributed by atoms with Crippen LogP contribution < -0.4 is 5.32 Å². The molecule has 0 aliphatic carbocycles. The average molecular weight is 218 g/mol. The first-order chi connectivity index (χ1) is 7.72. The highest BCUT2D eigenvalue weighted by atomic mass is 16.3. The van der Waals surface area contributed by atoms with Gasteiger partial charge in [0.25, 0.3) is 0 Å². The molecule has 1 atom stereocenters. The lowest BCUT2D eigenvalue weighted by atomic mass is 10.1. The van der Waals surface area contributed by atoms with E-state index in [0.717, 1.165) is 19.4 Å². The van der Waals surface area contributed by atoms with Crippen molar-refractivity contribution in [2.75, 3.05) is 6.54 Å². The number of nitriles is 1. The number of phenolic OH excluding ortho intramolecular Hbond substituents is 1. The maximum absolute atomic E-state index is 9.13. The van der Waals surface area contributed by atoms with Crippen LogP contribution in [0.1, 0.15) is 25.3 Å². The SMILES string of the molecule is CC(CCc1ccc(O)cc1)NCCC#N. The molecule has 0 bridgehead atoms. The predicted molar refractivity (Wildman–Crippen MR) is 64.1 cm³/mol. The van der Waals surface area contributed by atoms with Crippen molar-refractivity contribution in [2.45, 2.75) is 32.2 Å². The standard InChI is InChI=1S/C13H18N2O/c1-11(15-10-2-9-14)3-4-12-5-7-13(16)8-6-12/h5-8,11,15-16H,2-4,10H2,1H3. The van der Waals surface area contributed by atoms with Gasteiger partial charge in [-0.05, 0) is 37.5 Å². The van der Waals surface area contributed by atoms with E-state index in [-0.39, 0.29) is 0 Å². The summed E-state index contributed by atoms with van der Waals surface area (Å²) in [7, 11) is 0. The average Bonchev–Trinajstić information content (AvgIpc) is 2.29. The van der Waals surface area contributed by atoms with E-state index < -0.39 is 0 Å². The Morgan fingerprint density at radius 1 is 1.38 bits per heavy atom. The molecule has 1 rings (SSSR count). The molecule has 0 aromatic heterocycles. The zero-order valence-corrected chi connectivity index (χ0v) is 9.61. The molecule has 0 radical (unpaired) electrons. The van der Waals surface area contributed by atoms with Crippen molar-refractivity contribution in [1.29, 1.82) is 5.26 Å². The highest BCUT2D eigenvalue weighted by Gasteiger charge is 2.01. The Morgan fingerprint density at radius 2 is 2.06 bits per heavy atom. The maximum atomic E-state index is 9.13. The van der Waals surface area contributed by atoms with Gasteiger partial charge in [-0.25, -0.2) is 0 Å². The zero-order chi connectivity index (χ0) is 11.8. The van der Waals surface area contributed by atoms with Crippen molar-refractivity contribution < 1.29 is 5.11 Å². The third-order valence-corrected chi connectivity index (χ3v) is 2.53. The van der Waals surface area contributed by atoms with Gasteiger partial charge in [-0.3, -0.25) is 0 Å². The molecule has 1 unspecified atom stereocenters. The van der Waals surface area contributed by atoms with Gasteiger partial charge in [-0.1, -0.05) is 12.1 Å². The first-order valence-electron chi connectivity index (χ1n) is 5.60. The van der Waals surface area contributed by atoms with Gasteiger partial charge in [0.2, 0.25) is 0 Å². The second-order valence-electron chi connectivity index (χ2n) is 3.97. The van der Waals surface area contributed by atoms with Crippen molar-refractivity contribution in [1.82, 2.24) is 5.32 Å². The minimum Gasteiger partial charge on any atom is -0.508 e. The van der Waals surface area contributed by atoms with Crippen LogP contribution in [0.25, 0.3) is 0 Å². The fourth-order valence-corrected chi connectivity index (χ4v) is 1.52. The Hall–Kier alpha value is -1.53. The molecule has 0 aliphatic heterocycles. The van der Waals surface area contributed by atoms with E-state index in [1.165, 1.54) is 5.56 Å². The van der Waals surface area contributed by atoms with Crippen molar-refractivity contribution in [2.24, 2.45) is 0 Å². The molecule has 0 heterocycles. The number of benzene rings is 1. The highest BCUT2D eigenvalue weighted by molar-refractivity contribution is 5.25. The first-order valence-corrected chi connectivity index (χ1v) is 5.60. The molecule has 3 nitrogen and oxygen atoms in total. The van der Waals surface area contributed by atoms with Gasteiger partial charge in [0.15, 0.2) is 0 Å². The Balaban J connectivity index is 2.23. The monoisotopic (exact) mass is 218 g/mol. The molecule has 0 aliphatic rings. The van der Waals surface area contributed by atoms with E-state index in [1.807, 2.05) is 12.1 Å². The van der Waals surface area contributed by atoms with Crippen LogP contribution in [-0.2, 0) is 6.42 Å². The molecule has 0 fully saturated rings. The Labute approximate surface area is 96.7 Å². The second-order valence-corrected chi connectivity index (χ2v) is 3.97. The Morgan fingerprint density at radius 3 is 2.69 bits per heavy atom. The molecule has 2 N–H and O–H groups in total. The molecule has 0 spiro atoms. The van der Waals surface area contributed by atoms with Crippen LogP contribution >= 0.6 is 0 Å². The first kappa shape index (κ1) is 12.5. The fraction of sp³-hybridized carbons (Fsp3) is 0.462. The summed E-state index contributed by atoms with van der Waals surface area (Å²) in [5.74, 6) is 0.309. The van der Waals surface area contributed by atoms with E-state index in [2.05, 4.69) is 18.3 Å². The summed E-state index contributed by atoms with van der Waals surface area (Å²) in [5.41, 5.74) is 1.23. The van der Waals surface area contributed by atoms with Crippen molar-refractivity contribution in [3.05, 3.63) is 29.8 Å². The van der Waals surface area contributed by atoms with Crippen LogP contribution in [0, 0.1) is 11.3 Å². The molecular formula is C13H18N2O. The van der Waals surface area contributed by atoms with Gasteiger partial charge in [-0.2, -0.15) is 5.26 Å². The van der Waals surface area contributed by atoms with Gasteiger partial charge in [-0.15, -0.1) is 0 Å². The second kappa shape index (κ2) is 6.86. The molecule has 0 amide bonds. The predicted octanol–water partition coefficient (Wildman–Crippen LogP) is 2.22. The lowest BCUT2D eigenvalue weighted by molar-refractivity contribution is 0.474. The molecular weight excluding hydrogens is 200 g/mol. The normalized spacial score (nSPS) is 12.0. The Kier molecular flexibility index (Phi) is 5.38. The number of phenols is 1. The Bertz CT molecular complexity index is 340. The number of hydrogen-bond donors (Lipinski definition) is 2. The van der Waals surface area contributed by atoms with Gasteiger partial charge in [0, 0.05) is 19.0 Å². The van der Waals surface area contributed by atoms with Crippen molar-refractivity contribution >= 4 is 0 Å². The van der Waals surface area contributed by atoms with E-state index in [9.17, 15) is 0 Å². The number of aryl methyl sites for hydroxylation is 1. The molecule has 0 saturated heterocycles. The number of hydrogen-bond acceptors (Lipinski definition) is 3. The molecule has 86 valence electrons. The van der Waals surface area contributed by atoms with Gasteiger partial charge in [0.1, 0.15) is 5.75 Å².